The Morgan fingerprint density at radius 3 is 1.59 bits per heavy atom. The van der Waals surface area contributed by atoms with Crippen molar-refractivity contribution in [2.75, 3.05) is 24.7 Å². The van der Waals surface area contributed by atoms with Gasteiger partial charge in [0.05, 0.1) is 71.8 Å². The molecule has 53 heteroatoms. The summed E-state index contributed by atoms with van der Waals surface area (Å²) in [4.78, 5) is 14.6. The van der Waals surface area contributed by atoms with E-state index in [0.717, 1.165) is 42.5 Å². The number of phenolic OH excluding ortho intramolecular Hbond substituents is 3. The number of hydrogen-bond acceptors (Lipinski definition) is 39. The van der Waals surface area contributed by atoms with Crippen LogP contribution in [0.25, 0.3) is 32.3 Å². The summed E-state index contributed by atoms with van der Waals surface area (Å²) in [5, 5.41) is 116. The summed E-state index contributed by atoms with van der Waals surface area (Å²) in [6.45, 7) is 1.62. The molecule has 0 aliphatic heterocycles. The number of phenols is 3. The standard InChI is InChI=1S/C55H44N12O33S8/c1-23-10-36(41(95-8-3-9-101-99-97-75)19-34(23)59-61-37-11-24(2)35(20-42(37)96-22-47(69)70)60-63-38-15-27(103(77,78)79)12-25-13-28(104(80,81)82)16-40(68)48(25)38)62-66-52-46(107(89,90)91)18-30-29(53(52)71)5-7-33(55(30)108(92,93)94)58-64-39-21-44(105(83,84)85)31-17-43(102-100-98-76)51(54(72)49(31)50(39)56)65-57-32-6-4-26(67(73)74)14-45(32)106(86,87)88/h4-7,10-21,68,71-72,75-76H,3,8-9,22,56H2,1-2H3,(H,69,70)(H,77,78,79)(H,80,81,82)(H,83,84,85)(H,86,87,88)(H,89,90,91)(H,92,93,94). The number of rotatable bonds is 30. The van der Waals surface area contributed by atoms with Gasteiger partial charge in [0.2, 0.25) is 0 Å². The lowest BCUT2D eigenvalue weighted by Crippen LogP contribution is -2.09. The van der Waals surface area contributed by atoms with Crippen LogP contribution in [0.1, 0.15) is 17.5 Å². The van der Waals surface area contributed by atoms with Gasteiger partial charge < -0.3 is 35.6 Å². The smallest absolute Gasteiger partial charge is 0.341 e. The lowest BCUT2D eigenvalue weighted by Gasteiger charge is -2.15. The predicted molar refractivity (Wildman–Crippen MR) is 368 cm³/mol. The number of benzene rings is 9. The van der Waals surface area contributed by atoms with Crippen molar-refractivity contribution in [1.82, 2.24) is 0 Å². The third-order valence-electron chi connectivity index (χ3n) is 14.4. The maximum Gasteiger partial charge on any atom is 0.341 e. The number of aliphatic carboxylic acids is 1. The Hall–Kier alpha value is -10.7. The molecule has 0 atom stereocenters. The number of nitrogen functional groups attached to an aromatic ring is 1. The van der Waals surface area contributed by atoms with Crippen LogP contribution in [0.5, 0.6) is 28.7 Å². The average molecular weight is 1660 g/mol. The molecule has 9 aromatic carbocycles. The highest BCUT2D eigenvalue weighted by Crippen LogP contribution is 2.52. The van der Waals surface area contributed by atoms with Crippen LogP contribution in [0.2, 0.25) is 0 Å². The van der Waals surface area contributed by atoms with Crippen LogP contribution < -0.4 is 15.2 Å². The number of non-ortho nitro benzene ring substituents is 1. The van der Waals surface area contributed by atoms with Crippen LogP contribution in [0, 0.1) is 24.0 Å². The molecule has 0 radical (unpaired) electrons. The van der Waals surface area contributed by atoms with E-state index in [9.17, 15) is 113 Å². The number of fused-ring (bicyclic) bond motifs is 3. The molecule has 0 unspecified atom stereocenters. The molecule has 9 rings (SSSR count). The lowest BCUT2D eigenvalue weighted by molar-refractivity contribution is -0.432. The fourth-order valence-electron chi connectivity index (χ4n) is 9.69. The number of ether oxygens (including phenoxy) is 2. The van der Waals surface area contributed by atoms with Crippen molar-refractivity contribution < 1.29 is 147 Å². The van der Waals surface area contributed by atoms with Crippen LogP contribution in [-0.2, 0) is 84.2 Å². The molecule has 0 aliphatic carbocycles. The van der Waals surface area contributed by atoms with Gasteiger partial charge >= 0.3 is 5.97 Å². The number of carboxylic acid groups (broad SMARTS) is 1. The number of aryl methyl sites for hydroxylation is 2. The highest BCUT2D eigenvalue weighted by Gasteiger charge is 2.31. The zero-order valence-electron chi connectivity index (χ0n) is 53.3. The predicted octanol–water partition coefficient (Wildman–Crippen LogP) is 12.7. The van der Waals surface area contributed by atoms with E-state index < -0.39 is 197 Å². The number of nitrogens with two attached hydrogens (primary N) is 1. The molecule has 45 nitrogen and oxygen atoms in total. The van der Waals surface area contributed by atoms with E-state index in [1.807, 2.05) is 0 Å². The van der Waals surface area contributed by atoms with Gasteiger partial charge in [0, 0.05) is 64.3 Å². The first-order valence-electron chi connectivity index (χ1n) is 28.4. The van der Waals surface area contributed by atoms with Gasteiger partial charge in [-0.1, -0.05) is 10.1 Å². The zero-order valence-corrected chi connectivity index (χ0v) is 59.8. The van der Waals surface area contributed by atoms with Crippen LogP contribution in [-0.4, -0.2) is 139 Å². The molecule has 9 aromatic rings. The van der Waals surface area contributed by atoms with Gasteiger partial charge in [-0.3, -0.25) is 37.4 Å². The van der Waals surface area contributed by atoms with Crippen molar-refractivity contribution in [1.29, 1.82) is 0 Å². The van der Waals surface area contributed by atoms with Crippen molar-refractivity contribution in [2.24, 2.45) is 51.1 Å². The van der Waals surface area contributed by atoms with Gasteiger partial charge in [-0.2, -0.15) is 60.7 Å². The number of nitrogens with zero attached hydrogens (tertiary/aromatic N) is 11. The molecule has 0 fully saturated rings. The third kappa shape index (κ3) is 18.6. The summed E-state index contributed by atoms with van der Waals surface area (Å²) in [7, 11) is -32.3. The molecule has 0 saturated carbocycles. The summed E-state index contributed by atoms with van der Waals surface area (Å²) >= 11 is 0.580. The van der Waals surface area contributed by atoms with E-state index >= 15 is 0 Å². The number of nitro groups is 1. The first-order valence-corrected chi connectivity index (χ1v) is 38.7. The Bertz CT molecular complexity index is 6150. The molecule has 0 bridgehead atoms. The number of anilines is 1. The van der Waals surface area contributed by atoms with E-state index in [1.54, 1.807) is 0 Å². The number of carboxylic acids is 1. The fraction of sp³-hybridized carbons (Fsp3) is 0.109. The summed E-state index contributed by atoms with van der Waals surface area (Å²) < 4.78 is 234. The van der Waals surface area contributed by atoms with Gasteiger partial charge in [-0.25, -0.2) is 15.3 Å². The van der Waals surface area contributed by atoms with Gasteiger partial charge in [0.25, 0.3) is 66.4 Å². The van der Waals surface area contributed by atoms with Crippen molar-refractivity contribution in [3.05, 3.63) is 118 Å². The van der Waals surface area contributed by atoms with E-state index in [4.69, 9.17) is 25.7 Å². The van der Waals surface area contributed by atoms with E-state index in [2.05, 4.69) is 69.9 Å². The fourth-order valence-corrected chi connectivity index (χ4v) is 14.4. The van der Waals surface area contributed by atoms with Gasteiger partial charge in [0.15, 0.2) is 18.1 Å². The second-order valence-corrected chi connectivity index (χ2v) is 31.3. The molecule has 0 saturated heterocycles. The first kappa shape index (κ1) is 81.4. The molecule has 0 heterocycles. The van der Waals surface area contributed by atoms with Crippen LogP contribution in [0.4, 0.5) is 68.2 Å². The van der Waals surface area contributed by atoms with Crippen LogP contribution in [0.15, 0.2) is 182 Å². The molecule has 570 valence electrons. The Balaban J connectivity index is 1.12. The summed E-state index contributed by atoms with van der Waals surface area (Å²) in [6.07, 6.45) is 0.108. The van der Waals surface area contributed by atoms with Crippen molar-refractivity contribution in [3.63, 3.8) is 0 Å². The molecule has 14 N–H and O–H groups in total. The lowest BCUT2D eigenvalue weighted by atomic mass is 10.0. The third-order valence-corrected chi connectivity index (χ3v) is 20.8. The maximum atomic E-state index is 13.4. The quantitative estimate of drug-likeness (QED) is 0.00291. The van der Waals surface area contributed by atoms with Crippen molar-refractivity contribution in [2.45, 2.75) is 54.5 Å². The van der Waals surface area contributed by atoms with E-state index in [-0.39, 0.29) is 87.0 Å². The first-order chi connectivity index (χ1) is 50.4. The van der Waals surface area contributed by atoms with E-state index in [1.165, 1.54) is 32.0 Å². The van der Waals surface area contributed by atoms with Crippen molar-refractivity contribution in [3.8, 4) is 28.7 Å². The highest BCUT2D eigenvalue weighted by atomic mass is 32.2. The van der Waals surface area contributed by atoms with E-state index in [0.29, 0.717) is 48.4 Å². The second kappa shape index (κ2) is 32.0. The molecule has 108 heavy (non-hydrogen) atoms. The number of nitro benzene ring substituents is 1. The number of azo groups is 5. The summed E-state index contributed by atoms with van der Waals surface area (Å²) in [5.41, 5.74) is -0.884. The van der Waals surface area contributed by atoms with Gasteiger partial charge in [0.1, 0.15) is 76.6 Å². The SMILES string of the molecule is Cc1cc(N=Nc2c(S(=O)(=O)O)cc3c(S(=O)(=O)O)c(N=Nc4cc(S(=O)(=O)O)c5cc(SOOO)c(N=Nc6ccc([N+](=O)[O-])cc6S(=O)(=O)O)c(O)c5c4N)ccc3c2O)c(OCCCSOOO)cc1N=Nc1cc(C)c(N=Nc2cc(S(=O)(=O)O)cc3cc(S(=O)(=O)O)cc(O)c23)cc1OCC(=O)O. The molecule has 0 aliphatic rings. The Morgan fingerprint density at radius 2 is 1.03 bits per heavy atom. The molecule has 0 amide bonds. The minimum absolute atomic E-state index is 0.0467. The summed E-state index contributed by atoms with van der Waals surface area (Å²) in [6, 6.07) is 12.7. The van der Waals surface area contributed by atoms with Gasteiger partial charge in [-0.05, 0) is 104 Å². The van der Waals surface area contributed by atoms with Gasteiger partial charge in [-0.15, -0.1) is 49.6 Å². The van der Waals surface area contributed by atoms with Crippen LogP contribution >= 0.6 is 24.1 Å². The monoisotopic (exact) mass is 1660 g/mol. The normalized spacial score (nSPS) is 12.9. The largest absolute Gasteiger partial charge is 0.507 e. The Labute approximate surface area is 611 Å². The Kier molecular flexibility index (Phi) is 24.2. The highest BCUT2D eigenvalue weighted by molar-refractivity contribution is 7.95. The number of aromatic hydroxyl groups is 3. The maximum absolute atomic E-state index is 13.4. The minimum atomic E-state index is -5.76. The molecule has 0 spiro atoms. The zero-order chi connectivity index (χ0) is 79.5. The topological polar surface area (TPSA) is 713 Å². The van der Waals surface area contributed by atoms with Crippen molar-refractivity contribution >= 4 is 191 Å². The average Bonchev–Trinajstić information content (AvgIpc) is 0.743. The number of hydrogen-bond donors (Lipinski definition) is 13. The van der Waals surface area contributed by atoms with Crippen LogP contribution in [0.3, 0.4) is 0 Å². The minimum Gasteiger partial charge on any atom is -0.507 e. The molecule has 0 aromatic heterocycles. The second-order valence-electron chi connectivity index (χ2n) is 21.4. The summed E-state index contributed by atoms with van der Waals surface area (Å²) in [5.74, 6) is -5.36. The Morgan fingerprint density at radius 1 is 0.500 bits per heavy atom. The molecular weight excluding hydrogens is 1610 g/mol. The number of carbonyl (C=O) groups is 1. The molecular formula is C55H44N12O33S8.